The average Bonchev–Trinajstić information content (AvgIpc) is 3.02. The Morgan fingerprint density at radius 2 is 2.05 bits per heavy atom. The lowest BCUT2D eigenvalue weighted by Gasteiger charge is -2.31. The molecule has 1 aromatic carbocycles. The number of hydrogen-bond donors (Lipinski definition) is 1. The zero-order valence-electron chi connectivity index (χ0n) is 13.3. The summed E-state index contributed by atoms with van der Waals surface area (Å²) >= 11 is 0. The molecule has 22 heavy (non-hydrogen) atoms. The van der Waals surface area contributed by atoms with Gasteiger partial charge in [-0.1, -0.05) is 6.07 Å². The minimum atomic E-state index is -0.584. The molecule has 1 atom stereocenters. The Bertz CT molecular complexity index is 571. The second kappa shape index (κ2) is 5.80. The van der Waals surface area contributed by atoms with Crippen LogP contribution < -0.4 is 15.2 Å². The summed E-state index contributed by atoms with van der Waals surface area (Å²) in [5.74, 6) is 2.06. The molecule has 5 heteroatoms. The normalized spacial score (nSPS) is 21.0. The van der Waals surface area contributed by atoms with Crippen LogP contribution in [0.1, 0.15) is 25.8 Å². The van der Waals surface area contributed by atoms with Crippen LogP contribution >= 0.6 is 0 Å². The first-order valence-corrected chi connectivity index (χ1v) is 7.92. The standard InChI is InChI=1S/C17H24N2O3/c1-17(2,16(20)19-6-5-12(10-18)11-19)13-3-4-14-15(9-13)22-8-7-21-14/h3-4,9,12H,5-8,10-11,18H2,1-2H3. The first-order valence-electron chi connectivity index (χ1n) is 7.92. The van der Waals surface area contributed by atoms with Gasteiger partial charge in [-0.15, -0.1) is 0 Å². The largest absolute Gasteiger partial charge is 0.486 e. The number of ether oxygens (including phenoxy) is 2. The summed E-state index contributed by atoms with van der Waals surface area (Å²) in [5, 5.41) is 0. The third-order valence-electron chi connectivity index (χ3n) is 4.70. The number of fused-ring (bicyclic) bond motifs is 1. The van der Waals surface area contributed by atoms with Crippen LogP contribution in [-0.2, 0) is 10.2 Å². The molecule has 3 rings (SSSR count). The Balaban J connectivity index is 1.81. The maximum absolute atomic E-state index is 12.9. The van der Waals surface area contributed by atoms with Crippen LogP contribution in [-0.4, -0.2) is 43.7 Å². The zero-order valence-corrected chi connectivity index (χ0v) is 13.3. The van der Waals surface area contributed by atoms with Crippen LogP contribution in [0.4, 0.5) is 0 Å². The van der Waals surface area contributed by atoms with E-state index in [0.717, 1.165) is 36.6 Å². The summed E-state index contributed by atoms with van der Waals surface area (Å²) in [4.78, 5) is 14.8. The summed E-state index contributed by atoms with van der Waals surface area (Å²) in [6.45, 7) is 7.28. The van der Waals surface area contributed by atoms with Gasteiger partial charge < -0.3 is 20.1 Å². The lowest BCUT2D eigenvalue weighted by molar-refractivity contribution is -0.135. The molecule has 1 aromatic rings. The Hall–Kier alpha value is -1.75. The van der Waals surface area contributed by atoms with Crippen LogP contribution in [0.5, 0.6) is 11.5 Å². The first kappa shape index (κ1) is 15.2. The number of likely N-dealkylation sites (tertiary alicyclic amines) is 1. The average molecular weight is 304 g/mol. The highest BCUT2D eigenvalue weighted by atomic mass is 16.6. The molecule has 120 valence electrons. The van der Waals surface area contributed by atoms with Gasteiger partial charge in [-0.2, -0.15) is 0 Å². The molecule has 1 unspecified atom stereocenters. The molecular formula is C17H24N2O3. The van der Waals surface area contributed by atoms with Gasteiger partial charge in [0.2, 0.25) is 5.91 Å². The van der Waals surface area contributed by atoms with Crippen LogP contribution in [0.3, 0.4) is 0 Å². The topological polar surface area (TPSA) is 64.8 Å². The molecule has 1 saturated heterocycles. The van der Waals surface area contributed by atoms with Gasteiger partial charge in [0.05, 0.1) is 5.41 Å². The number of rotatable bonds is 3. The SMILES string of the molecule is CC(C)(C(=O)N1CCC(CN)C1)c1ccc2c(c1)OCCO2. The number of carbonyl (C=O) groups excluding carboxylic acids is 1. The summed E-state index contributed by atoms with van der Waals surface area (Å²) in [7, 11) is 0. The number of nitrogens with zero attached hydrogens (tertiary/aromatic N) is 1. The second-order valence-electron chi connectivity index (χ2n) is 6.63. The van der Waals surface area contributed by atoms with E-state index in [2.05, 4.69) is 0 Å². The highest BCUT2D eigenvalue weighted by Gasteiger charge is 2.37. The molecular weight excluding hydrogens is 280 g/mol. The fourth-order valence-electron chi connectivity index (χ4n) is 3.16. The zero-order chi connectivity index (χ0) is 15.7. The highest BCUT2D eigenvalue weighted by Crippen LogP contribution is 2.36. The molecule has 1 amide bonds. The van der Waals surface area contributed by atoms with Crippen LogP contribution in [0.2, 0.25) is 0 Å². The maximum atomic E-state index is 12.9. The smallest absolute Gasteiger partial charge is 0.232 e. The fourth-order valence-corrected chi connectivity index (χ4v) is 3.16. The number of hydrogen-bond acceptors (Lipinski definition) is 4. The maximum Gasteiger partial charge on any atom is 0.232 e. The minimum Gasteiger partial charge on any atom is -0.486 e. The molecule has 2 N–H and O–H groups in total. The predicted molar refractivity (Wildman–Crippen MR) is 84.2 cm³/mol. The number of carbonyl (C=O) groups is 1. The van der Waals surface area contributed by atoms with Crippen LogP contribution in [0, 0.1) is 5.92 Å². The molecule has 5 nitrogen and oxygen atoms in total. The summed E-state index contributed by atoms with van der Waals surface area (Å²) in [5.41, 5.74) is 6.10. The lowest BCUT2D eigenvalue weighted by atomic mass is 9.83. The van der Waals surface area contributed by atoms with Gasteiger partial charge in [-0.25, -0.2) is 0 Å². The Morgan fingerprint density at radius 1 is 1.32 bits per heavy atom. The molecule has 2 heterocycles. The Kier molecular flexibility index (Phi) is 4.00. The molecule has 0 bridgehead atoms. The molecule has 2 aliphatic rings. The Morgan fingerprint density at radius 3 is 2.73 bits per heavy atom. The quantitative estimate of drug-likeness (QED) is 0.920. The van der Waals surface area contributed by atoms with Crippen molar-refractivity contribution in [1.82, 2.24) is 4.90 Å². The predicted octanol–water partition coefficient (Wildman–Crippen LogP) is 1.54. The van der Waals surface area contributed by atoms with Crippen molar-refractivity contribution in [1.29, 1.82) is 0 Å². The third kappa shape index (κ3) is 2.65. The molecule has 0 aromatic heterocycles. The van der Waals surface area contributed by atoms with Crippen molar-refractivity contribution < 1.29 is 14.3 Å². The van der Waals surface area contributed by atoms with E-state index in [9.17, 15) is 4.79 Å². The monoisotopic (exact) mass is 304 g/mol. The van der Waals surface area contributed by atoms with Crippen molar-refractivity contribution in [3.8, 4) is 11.5 Å². The van der Waals surface area contributed by atoms with Crippen molar-refractivity contribution >= 4 is 5.91 Å². The third-order valence-corrected chi connectivity index (χ3v) is 4.70. The number of benzene rings is 1. The van der Waals surface area contributed by atoms with E-state index in [1.165, 1.54) is 0 Å². The first-order chi connectivity index (χ1) is 10.5. The van der Waals surface area contributed by atoms with Crippen molar-refractivity contribution in [2.45, 2.75) is 25.7 Å². The summed E-state index contributed by atoms with van der Waals surface area (Å²) in [6, 6.07) is 5.79. The number of amides is 1. The number of nitrogens with two attached hydrogens (primary N) is 1. The van der Waals surface area contributed by atoms with Gasteiger partial charge in [0.25, 0.3) is 0 Å². The van der Waals surface area contributed by atoms with E-state index in [1.54, 1.807) is 0 Å². The van der Waals surface area contributed by atoms with Gasteiger partial charge in [0, 0.05) is 13.1 Å². The lowest BCUT2D eigenvalue weighted by Crippen LogP contribution is -2.42. The van der Waals surface area contributed by atoms with Crippen molar-refractivity contribution in [3.05, 3.63) is 23.8 Å². The highest BCUT2D eigenvalue weighted by molar-refractivity contribution is 5.87. The van der Waals surface area contributed by atoms with Gasteiger partial charge in [-0.05, 0) is 50.4 Å². The van der Waals surface area contributed by atoms with Crippen LogP contribution in [0.25, 0.3) is 0 Å². The van der Waals surface area contributed by atoms with E-state index in [1.807, 2.05) is 36.9 Å². The van der Waals surface area contributed by atoms with Gasteiger partial charge in [0.1, 0.15) is 13.2 Å². The molecule has 0 radical (unpaired) electrons. The summed E-state index contributed by atoms with van der Waals surface area (Å²) in [6.07, 6.45) is 0.999. The molecule has 2 aliphatic heterocycles. The molecule has 0 spiro atoms. The van der Waals surface area contributed by atoms with Gasteiger partial charge in [0.15, 0.2) is 11.5 Å². The van der Waals surface area contributed by atoms with Crippen molar-refractivity contribution in [2.75, 3.05) is 32.8 Å². The van der Waals surface area contributed by atoms with Crippen molar-refractivity contribution in [3.63, 3.8) is 0 Å². The molecule has 0 saturated carbocycles. The Labute approximate surface area is 131 Å². The molecule has 1 fully saturated rings. The van der Waals surface area contributed by atoms with E-state index >= 15 is 0 Å². The molecule has 0 aliphatic carbocycles. The van der Waals surface area contributed by atoms with Gasteiger partial charge in [-0.3, -0.25) is 4.79 Å². The van der Waals surface area contributed by atoms with E-state index < -0.39 is 5.41 Å². The van der Waals surface area contributed by atoms with E-state index in [0.29, 0.717) is 25.7 Å². The minimum absolute atomic E-state index is 0.153. The van der Waals surface area contributed by atoms with Crippen LogP contribution in [0.15, 0.2) is 18.2 Å². The second-order valence-corrected chi connectivity index (χ2v) is 6.63. The van der Waals surface area contributed by atoms with Gasteiger partial charge >= 0.3 is 0 Å². The fraction of sp³-hybridized carbons (Fsp3) is 0.588. The van der Waals surface area contributed by atoms with Crippen molar-refractivity contribution in [2.24, 2.45) is 11.7 Å². The van der Waals surface area contributed by atoms with E-state index in [-0.39, 0.29) is 5.91 Å². The summed E-state index contributed by atoms with van der Waals surface area (Å²) < 4.78 is 11.2. The van der Waals surface area contributed by atoms with E-state index in [4.69, 9.17) is 15.2 Å².